The van der Waals surface area contributed by atoms with Gasteiger partial charge in [-0.2, -0.15) is 0 Å². The van der Waals surface area contributed by atoms with Crippen LogP contribution in [0.5, 0.6) is 0 Å². The first kappa shape index (κ1) is 44.9. The van der Waals surface area contributed by atoms with Gasteiger partial charge in [0, 0.05) is 80.2 Å². The highest BCUT2D eigenvalue weighted by Gasteiger charge is 2.13. The standard InChI is InChI=1S/C54H50S4Si2/c1-59(2,3)41-39-55-51-31-23-47(24-32-51)19-15-43-7-11-45(12-8-43)17-21-49-27-35-53(36-28-49)57-58-54-37-29-50(30-38-54)22-18-46-13-9-44(10-14-46)16-20-48-25-33-52(34-26-48)56-40-42-60(4,5)6/h7-14,23-38H,39-42H2,1-6H3. The average Bonchev–Trinajstić information content (AvgIpc) is 3.24. The van der Waals surface area contributed by atoms with E-state index in [4.69, 9.17) is 0 Å². The quantitative estimate of drug-likeness (QED) is 0.0550. The van der Waals surface area contributed by atoms with Gasteiger partial charge in [-0.1, -0.05) is 108 Å². The maximum atomic E-state index is 3.30. The van der Waals surface area contributed by atoms with Gasteiger partial charge in [0.1, 0.15) is 0 Å². The van der Waals surface area contributed by atoms with Crippen LogP contribution < -0.4 is 0 Å². The first-order valence-corrected chi connectivity index (χ1v) is 31.7. The first-order chi connectivity index (χ1) is 28.9. The molecule has 0 atom stereocenters. The largest absolute Gasteiger partial charge is 0.126 e. The summed E-state index contributed by atoms with van der Waals surface area (Å²) in [6, 6.07) is 53.1. The molecule has 0 N–H and O–H groups in total. The molecule has 60 heavy (non-hydrogen) atoms. The fraction of sp³-hybridized carbons (Fsp3) is 0.185. The Kier molecular flexibility index (Phi) is 16.7. The molecule has 298 valence electrons. The summed E-state index contributed by atoms with van der Waals surface area (Å²) in [7, 11) is 1.49. The van der Waals surface area contributed by atoms with Crippen LogP contribution in [-0.4, -0.2) is 27.7 Å². The van der Waals surface area contributed by atoms with Gasteiger partial charge in [0.2, 0.25) is 0 Å². The lowest BCUT2D eigenvalue weighted by atomic mass is 10.1. The van der Waals surface area contributed by atoms with Gasteiger partial charge in [-0.3, -0.25) is 0 Å². The highest BCUT2D eigenvalue weighted by atomic mass is 33.1. The molecule has 0 heterocycles. The van der Waals surface area contributed by atoms with Crippen LogP contribution in [-0.2, 0) is 0 Å². The molecule has 0 bridgehead atoms. The second-order valence-corrected chi connectivity index (χ2v) is 32.6. The van der Waals surface area contributed by atoms with Gasteiger partial charge in [0.05, 0.1) is 0 Å². The topological polar surface area (TPSA) is 0 Å². The third kappa shape index (κ3) is 16.4. The molecule has 6 aromatic rings. The van der Waals surface area contributed by atoms with E-state index >= 15 is 0 Å². The van der Waals surface area contributed by atoms with Gasteiger partial charge < -0.3 is 0 Å². The van der Waals surface area contributed by atoms with Gasteiger partial charge in [-0.25, -0.2) is 0 Å². The predicted octanol–water partition coefficient (Wildman–Crippen LogP) is 14.9. The number of hydrogen-bond acceptors (Lipinski definition) is 4. The Bertz CT molecular complexity index is 2380. The van der Waals surface area contributed by atoms with E-state index < -0.39 is 16.1 Å². The summed E-state index contributed by atoms with van der Waals surface area (Å²) in [4.78, 5) is 5.00. The fourth-order valence-corrected chi connectivity index (χ4v) is 14.1. The van der Waals surface area contributed by atoms with Crippen LogP contribution in [0.2, 0.25) is 51.4 Å². The van der Waals surface area contributed by atoms with Crippen molar-refractivity contribution in [2.75, 3.05) is 11.5 Å². The summed E-state index contributed by atoms with van der Waals surface area (Å²) in [5.74, 6) is 28.7. The van der Waals surface area contributed by atoms with E-state index in [0.29, 0.717) is 0 Å². The van der Waals surface area contributed by atoms with Gasteiger partial charge in [-0.05, 0) is 169 Å². The molecule has 0 radical (unpaired) electrons. The van der Waals surface area contributed by atoms with E-state index in [1.54, 1.807) is 21.6 Å². The molecule has 0 saturated carbocycles. The van der Waals surface area contributed by atoms with Crippen molar-refractivity contribution < 1.29 is 0 Å². The summed E-state index contributed by atoms with van der Waals surface area (Å²) in [6.07, 6.45) is 0. The van der Waals surface area contributed by atoms with Crippen molar-refractivity contribution in [3.8, 4) is 47.4 Å². The Hall–Kier alpha value is -4.61. The monoisotopic (exact) mass is 882 g/mol. The SMILES string of the molecule is C[Si](C)(C)CCSc1ccc(C#Cc2ccc(C#Cc3ccc(SSc4ccc(C#Cc5ccc(C#Cc6ccc(SCC[Si](C)(C)C)cc6)cc5)cc4)cc3)cc2)cc1. The lowest BCUT2D eigenvalue weighted by molar-refractivity contribution is 1.35. The maximum absolute atomic E-state index is 3.30. The molecule has 6 heteroatoms. The highest BCUT2D eigenvalue weighted by molar-refractivity contribution is 8.76. The minimum Gasteiger partial charge on any atom is -0.126 e. The van der Waals surface area contributed by atoms with Crippen molar-refractivity contribution >= 4 is 61.3 Å². The lowest BCUT2D eigenvalue weighted by Crippen LogP contribution is -2.19. The Morgan fingerprint density at radius 3 is 0.667 bits per heavy atom. The van der Waals surface area contributed by atoms with Crippen LogP contribution in [0.1, 0.15) is 44.5 Å². The molecule has 6 aromatic carbocycles. The Labute approximate surface area is 378 Å². The van der Waals surface area contributed by atoms with Crippen LogP contribution in [0.25, 0.3) is 0 Å². The molecule has 0 aliphatic carbocycles. The molecular weight excluding hydrogens is 833 g/mol. The predicted molar refractivity (Wildman–Crippen MR) is 272 cm³/mol. The van der Waals surface area contributed by atoms with Gasteiger partial charge >= 0.3 is 0 Å². The average molecular weight is 883 g/mol. The van der Waals surface area contributed by atoms with Crippen molar-refractivity contribution in [1.29, 1.82) is 0 Å². The van der Waals surface area contributed by atoms with Crippen LogP contribution in [0.15, 0.2) is 165 Å². The van der Waals surface area contributed by atoms with Crippen molar-refractivity contribution in [2.45, 2.75) is 71.0 Å². The van der Waals surface area contributed by atoms with E-state index in [1.165, 1.54) is 43.2 Å². The van der Waals surface area contributed by atoms with Crippen LogP contribution >= 0.6 is 45.1 Å². The van der Waals surface area contributed by atoms with Gasteiger partial charge in [0.25, 0.3) is 0 Å². The van der Waals surface area contributed by atoms with Crippen LogP contribution in [0.3, 0.4) is 0 Å². The molecule has 0 aliphatic rings. The molecule has 0 fully saturated rings. The lowest BCUT2D eigenvalue weighted by Gasteiger charge is -2.14. The van der Waals surface area contributed by atoms with E-state index in [-0.39, 0.29) is 0 Å². The Balaban J connectivity index is 0.924. The molecule has 0 amide bonds. The van der Waals surface area contributed by atoms with Crippen molar-refractivity contribution in [1.82, 2.24) is 0 Å². The third-order valence-electron chi connectivity index (χ3n) is 9.07. The Morgan fingerprint density at radius 2 is 0.467 bits per heavy atom. The first-order valence-electron chi connectivity index (χ1n) is 20.2. The summed E-state index contributed by atoms with van der Waals surface area (Å²) >= 11 is 3.89. The van der Waals surface area contributed by atoms with Gasteiger partial charge in [-0.15, -0.1) is 23.5 Å². The van der Waals surface area contributed by atoms with E-state index in [2.05, 4.69) is 184 Å². The fourth-order valence-electron chi connectivity index (χ4n) is 5.35. The maximum Gasteiger partial charge on any atom is 0.0450 e. The molecule has 0 nitrogen and oxygen atoms in total. The van der Waals surface area contributed by atoms with E-state index in [0.717, 1.165) is 44.5 Å². The normalized spacial score (nSPS) is 10.8. The van der Waals surface area contributed by atoms with Gasteiger partial charge in [0.15, 0.2) is 0 Å². The van der Waals surface area contributed by atoms with E-state index in [1.807, 2.05) is 72.1 Å². The molecule has 0 saturated heterocycles. The highest BCUT2D eigenvalue weighted by Crippen LogP contribution is 2.37. The second-order valence-electron chi connectivity index (χ2n) is 16.7. The van der Waals surface area contributed by atoms with E-state index in [9.17, 15) is 0 Å². The molecular formula is C54H50S4Si2. The smallest absolute Gasteiger partial charge is 0.0450 e. The summed E-state index contributed by atoms with van der Waals surface area (Å²) in [6.45, 7) is 14.6. The zero-order valence-corrected chi connectivity index (χ0v) is 40.6. The zero-order valence-electron chi connectivity index (χ0n) is 35.3. The Morgan fingerprint density at radius 1 is 0.283 bits per heavy atom. The van der Waals surface area contributed by atoms with Crippen LogP contribution in [0.4, 0.5) is 0 Å². The minimum absolute atomic E-state index is 0.973. The molecule has 0 unspecified atom stereocenters. The molecule has 0 aliphatic heterocycles. The number of thioether (sulfide) groups is 2. The number of rotatable bonds is 11. The number of benzene rings is 6. The second kappa shape index (κ2) is 22.3. The third-order valence-corrected chi connectivity index (χ3v) is 17.7. The molecule has 0 aromatic heterocycles. The molecule has 6 rings (SSSR count). The molecule has 0 spiro atoms. The minimum atomic E-state index is -0.992. The summed E-state index contributed by atoms with van der Waals surface area (Å²) < 4.78 is 0. The van der Waals surface area contributed by atoms with Crippen molar-refractivity contribution in [2.24, 2.45) is 0 Å². The van der Waals surface area contributed by atoms with Crippen molar-refractivity contribution in [3.63, 3.8) is 0 Å². The number of hydrogen-bond donors (Lipinski definition) is 0. The zero-order chi connectivity index (χ0) is 42.2. The van der Waals surface area contributed by atoms with Crippen molar-refractivity contribution in [3.05, 3.63) is 190 Å². The summed E-state index contributed by atoms with van der Waals surface area (Å²) in [5, 5.41) is 0. The summed E-state index contributed by atoms with van der Waals surface area (Å²) in [5.41, 5.74) is 7.96. The van der Waals surface area contributed by atoms with Crippen LogP contribution in [0, 0.1) is 47.4 Å².